The van der Waals surface area contributed by atoms with Crippen molar-refractivity contribution in [3.63, 3.8) is 0 Å². The third-order valence-electron chi connectivity index (χ3n) is 0.586. The number of rotatable bonds is 0. The van der Waals surface area contributed by atoms with Crippen molar-refractivity contribution in [3.05, 3.63) is 24.3 Å². The van der Waals surface area contributed by atoms with Crippen LogP contribution in [0, 0.1) is 6.08 Å². The molecule has 0 fully saturated rings. The van der Waals surface area contributed by atoms with Gasteiger partial charge in [-0.15, -0.1) is 6.42 Å². The Morgan fingerprint density at radius 3 is 1.69 bits per heavy atom. The third-order valence-corrected chi connectivity index (χ3v) is 0.586. The second kappa shape index (κ2) is 29.4. The van der Waals surface area contributed by atoms with Crippen LogP contribution in [0.2, 0.25) is 0 Å². The average Bonchev–Trinajstić information content (AvgIpc) is 2.44. The van der Waals surface area contributed by atoms with Crippen LogP contribution in [-0.2, 0) is 21.7 Å². The maximum Gasteiger partial charge on any atom is 2.00 e. The Kier molecular flexibility index (Phi) is 52.8. The summed E-state index contributed by atoms with van der Waals surface area (Å²) in [6.45, 7) is 3.86. The van der Waals surface area contributed by atoms with Crippen molar-refractivity contribution in [2.45, 2.75) is 20.3 Å². The van der Waals surface area contributed by atoms with Crippen molar-refractivity contribution in [2.75, 3.05) is 13.2 Å². The van der Waals surface area contributed by atoms with Crippen molar-refractivity contribution >= 4 is 0 Å². The van der Waals surface area contributed by atoms with Gasteiger partial charge in [-0.3, -0.25) is 6.08 Å². The van der Waals surface area contributed by atoms with Crippen molar-refractivity contribution in [2.24, 2.45) is 0 Å². The van der Waals surface area contributed by atoms with Crippen molar-refractivity contribution in [3.8, 4) is 0 Å². The molecule has 2 N–H and O–H groups in total. The molecule has 13 heavy (non-hydrogen) atoms. The monoisotopic (exact) mass is 240 g/mol. The fourth-order valence-electron chi connectivity index (χ4n) is 0.340. The summed E-state index contributed by atoms with van der Waals surface area (Å²) in [4.78, 5) is 0. The molecule has 0 saturated heterocycles. The molecule has 0 bridgehead atoms. The van der Waals surface area contributed by atoms with E-state index in [1.807, 2.05) is 12.2 Å². The van der Waals surface area contributed by atoms with Crippen molar-refractivity contribution in [1.29, 1.82) is 0 Å². The second-order valence-corrected chi connectivity index (χ2v) is 1.64. The number of aliphatic hydroxyl groups excluding tert-OH is 2. The maximum atomic E-state index is 7.57. The molecular weight excluding hydrogens is 223 g/mol. The molecule has 0 aromatic carbocycles. The molecule has 0 spiro atoms. The van der Waals surface area contributed by atoms with E-state index in [4.69, 9.17) is 10.2 Å². The molecule has 0 saturated carbocycles. The predicted octanol–water partition coefficient (Wildman–Crippen LogP) is -1.70. The van der Waals surface area contributed by atoms with Crippen LogP contribution in [0.25, 0.3) is 0 Å². The van der Waals surface area contributed by atoms with Gasteiger partial charge in [-0.05, 0) is 13.8 Å². The van der Waals surface area contributed by atoms with E-state index in [1.165, 1.54) is 0 Å². The Bertz CT molecular complexity index is 93.8. The average molecular weight is 241 g/mol. The zero-order chi connectivity index (χ0) is 8.95. The summed E-state index contributed by atoms with van der Waals surface area (Å²) < 4.78 is 0. The van der Waals surface area contributed by atoms with E-state index in [-0.39, 0.29) is 47.3 Å². The van der Waals surface area contributed by atoms with E-state index < -0.39 is 0 Å². The molecule has 0 radical (unpaired) electrons. The minimum Gasteiger partial charge on any atom is -1.00 e. The molecule has 2 nitrogen and oxygen atoms in total. The first-order valence-corrected chi connectivity index (χ1v) is 3.76. The summed E-state index contributed by atoms with van der Waals surface area (Å²) in [6.07, 6.45) is 10.0. The molecule has 76 valence electrons. The molecule has 0 aliphatic heterocycles. The van der Waals surface area contributed by atoms with Crippen LogP contribution in [0.5, 0.6) is 0 Å². The van der Waals surface area contributed by atoms with Crippen molar-refractivity contribution in [1.82, 2.24) is 0 Å². The van der Waals surface area contributed by atoms with Gasteiger partial charge in [0.2, 0.25) is 0 Å². The fraction of sp³-hybridized carbons (Fsp3) is 0.556. The minimum absolute atomic E-state index is 0. The van der Waals surface area contributed by atoms with Crippen LogP contribution in [0.1, 0.15) is 20.3 Å². The number of hydrogen-bond donors (Lipinski definition) is 2. The van der Waals surface area contributed by atoms with Gasteiger partial charge >= 0.3 is 21.7 Å². The Morgan fingerprint density at radius 2 is 1.62 bits per heavy atom. The van der Waals surface area contributed by atoms with Gasteiger partial charge in [0.15, 0.2) is 0 Å². The van der Waals surface area contributed by atoms with E-state index in [9.17, 15) is 0 Å². The molecule has 0 aromatic heterocycles. The molecule has 1 aliphatic carbocycles. The maximum absolute atomic E-state index is 7.57. The van der Waals surface area contributed by atoms with Crippen LogP contribution >= 0.6 is 0 Å². The summed E-state index contributed by atoms with van der Waals surface area (Å²) in [5, 5.41) is 15.1. The summed E-state index contributed by atoms with van der Waals surface area (Å²) in [6, 6.07) is 0. The molecule has 0 amide bonds. The van der Waals surface area contributed by atoms with Gasteiger partial charge < -0.3 is 22.6 Å². The van der Waals surface area contributed by atoms with Gasteiger partial charge in [0.25, 0.3) is 0 Å². The van der Waals surface area contributed by atoms with Gasteiger partial charge in [0, 0.05) is 13.2 Å². The standard InChI is InChI=1S/C5H5.2C2H6O.ClH.Ti/c1-2-4-5-3-1;2*1-2-3;;/h1-3H,4H2;2*3H,2H2,1H3;1H;/q-1;;;;+2/p-1. The molecule has 0 aromatic rings. The molecular formula is C9H17ClO2Ti. The molecule has 0 atom stereocenters. The molecule has 4 heteroatoms. The van der Waals surface area contributed by atoms with E-state index in [1.54, 1.807) is 13.8 Å². The number of allylic oxidation sites excluding steroid dienone is 4. The van der Waals surface area contributed by atoms with E-state index in [2.05, 4.69) is 12.2 Å². The van der Waals surface area contributed by atoms with Gasteiger partial charge in [-0.2, -0.15) is 6.08 Å². The number of aliphatic hydroxyl groups is 2. The number of halogens is 1. The largest absolute Gasteiger partial charge is 2.00 e. The zero-order valence-corrected chi connectivity index (χ0v) is 10.4. The van der Waals surface area contributed by atoms with Gasteiger partial charge in [0.05, 0.1) is 0 Å². The smallest absolute Gasteiger partial charge is 1.00 e. The van der Waals surface area contributed by atoms with Crippen LogP contribution in [0.15, 0.2) is 18.2 Å². The SMILES string of the molecule is CCO.CCO.[C-]1=CC=CC1.[Cl-].[Ti+2]. The van der Waals surface area contributed by atoms with Gasteiger partial charge in [0.1, 0.15) is 0 Å². The van der Waals surface area contributed by atoms with Crippen molar-refractivity contribution < 1.29 is 44.3 Å². The molecule has 1 rings (SSSR count). The normalized spacial score (nSPS) is 9.54. The second-order valence-electron chi connectivity index (χ2n) is 1.64. The van der Waals surface area contributed by atoms with E-state index in [0.29, 0.717) is 0 Å². The summed E-state index contributed by atoms with van der Waals surface area (Å²) in [7, 11) is 0. The summed E-state index contributed by atoms with van der Waals surface area (Å²) >= 11 is 0. The quantitative estimate of drug-likeness (QED) is 0.392. The summed E-state index contributed by atoms with van der Waals surface area (Å²) in [5.74, 6) is 0. The number of hydrogen-bond acceptors (Lipinski definition) is 2. The first kappa shape index (κ1) is 23.3. The Balaban J connectivity index is -0.0000000461. The predicted molar refractivity (Wildman–Crippen MR) is 47.1 cm³/mol. The zero-order valence-electron chi connectivity index (χ0n) is 8.13. The van der Waals surface area contributed by atoms with Crippen LogP contribution < -0.4 is 12.4 Å². The Hall–Kier alpha value is 0.404. The minimum atomic E-state index is 0. The topological polar surface area (TPSA) is 40.5 Å². The first-order valence-electron chi connectivity index (χ1n) is 3.76. The van der Waals surface area contributed by atoms with Crippen LogP contribution in [-0.4, -0.2) is 23.4 Å². The fourth-order valence-corrected chi connectivity index (χ4v) is 0.340. The summed E-state index contributed by atoms with van der Waals surface area (Å²) in [5.41, 5.74) is 0. The Labute approximate surface area is 102 Å². The van der Waals surface area contributed by atoms with Gasteiger partial charge in [-0.1, -0.05) is 0 Å². The third kappa shape index (κ3) is 46.0. The van der Waals surface area contributed by atoms with Crippen LogP contribution in [0.3, 0.4) is 0 Å². The first-order chi connectivity index (χ1) is 5.33. The van der Waals surface area contributed by atoms with E-state index in [0.717, 1.165) is 6.42 Å². The Morgan fingerprint density at radius 1 is 1.23 bits per heavy atom. The molecule has 0 heterocycles. The molecule has 1 aliphatic rings. The van der Waals surface area contributed by atoms with Crippen LogP contribution in [0.4, 0.5) is 0 Å². The molecule has 0 unspecified atom stereocenters. The van der Waals surface area contributed by atoms with E-state index >= 15 is 0 Å². The van der Waals surface area contributed by atoms with Gasteiger partial charge in [-0.25, -0.2) is 12.2 Å².